The summed E-state index contributed by atoms with van der Waals surface area (Å²) in [7, 11) is 4.31. The van der Waals surface area contributed by atoms with E-state index in [0.29, 0.717) is 0 Å². The number of fused-ring (bicyclic) bond motifs is 1. The van der Waals surface area contributed by atoms with Gasteiger partial charge in [0.1, 0.15) is 0 Å². The second-order valence-corrected chi connectivity index (χ2v) is 12.1. The lowest BCUT2D eigenvalue weighted by molar-refractivity contribution is -0.672. The van der Waals surface area contributed by atoms with E-state index in [-0.39, 0.29) is 5.41 Å². The van der Waals surface area contributed by atoms with Gasteiger partial charge in [0.05, 0.1) is 12.7 Å². The number of benzene rings is 4. The van der Waals surface area contributed by atoms with Crippen molar-refractivity contribution in [3.8, 4) is 22.4 Å². The number of hydrogen-bond donors (Lipinski definition) is 0. The molecule has 214 valence electrons. The standard InChI is InChI=1S/C40H40N3/c1-29-19-23-31(24-20-29)33-27-35(15-12-18-39-40(3,4)36-16-10-11-17-37(36)41(39)5)43(42(6)34-13-8-7-9-14-34)38(28-33)32-25-21-30(2)22-26-32/h7-28H,1-6H3/q+1. The Labute approximate surface area is 256 Å². The third kappa shape index (κ3) is 5.39. The van der Waals surface area contributed by atoms with Gasteiger partial charge in [-0.15, -0.1) is 0 Å². The van der Waals surface area contributed by atoms with Gasteiger partial charge in [-0.2, -0.15) is 5.01 Å². The van der Waals surface area contributed by atoms with Crippen LogP contribution in [-0.2, 0) is 5.41 Å². The molecule has 1 aliphatic rings. The van der Waals surface area contributed by atoms with E-state index in [1.165, 1.54) is 44.8 Å². The monoisotopic (exact) mass is 562 g/mol. The molecule has 0 aliphatic carbocycles. The van der Waals surface area contributed by atoms with Crippen LogP contribution in [0.5, 0.6) is 0 Å². The maximum atomic E-state index is 2.32. The van der Waals surface area contributed by atoms with Gasteiger partial charge in [0, 0.05) is 47.6 Å². The van der Waals surface area contributed by atoms with Crippen molar-refractivity contribution in [1.82, 2.24) is 0 Å². The molecule has 0 unspecified atom stereocenters. The minimum absolute atomic E-state index is 0.0801. The van der Waals surface area contributed by atoms with Crippen LogP contribution < -0.4 is 14.6 Å². The molecule has 4 aromatic carbocycles. The highest BCUT2D eigenvalue weighted by atomic mass is 15.5. The zero-order chi connectivity index (χ0) is 30.1. The molecule has 0 radical (unpaired) electrons. The number of hydrogen-bond acceptors (Lipinski definition) is 2. The highest BCUT2D eigenvalue weighted by Gasteiger charge is 2.37. The van der Waals surface area contributed by atoms with Gasteiger partial charge in [-0.25, -0.2) is 0 Å². The number of anilines is 2. The predicted octanol–water partition coefficient (Wildman–Crippen LogP) is 9.15. The Balaban J connectivity index is 1.54. The second kappa shape index (κ2) is 11.4. The summed E-state index contributed by atoms with van der Waals surface area (Å²) in [5.74, 6) is 0. The van der Waals surface area contributed by atoms with Crippen LogP contribution in [0.2, 0.25) is 0 Å². The SMILES string of the molecule is Cc1ccc(-c2cc(C=CC=C3N(C)c4ccccc4C3(C)C)[n+](N(C)c3ccccc3)c(-c3ccc(C)cc3)c2)cc1. The van der Waals surface area contributed by atoms with Crippen molar-refractivity contribution in [1.29, 1.82) is 0 Å². The number of aromatic nitrogens is 1. The number of rotatable bonds is 6. The predicted molar refractivity (Wildman–Crippen MR) is 182 cm³/mol. The van der Waals surface area contributed by atoms with E-state index in [2.05, 4.69) is 190 Å². The van der Waals surface area contributed by atoms with Crippen LogP contribution in [-0.4, -0.2) is 14.1 Å². The van der Waals surface area contributed by atoms with Crippen LogP contribution in [0.15, 0.2) is 133 Å². The molecule has 1 aromatic heterocycles. The van der Waals surface area contributed by atoms with E-state index in [1.807, 2.05) is 0 Å². The molecule has 0 bridgehead atoms. The average molecular weight is 563 g/mol. The molecule has 0 fully saturated rings. The van der Waals surface area contributed by atoms with Gasteiger partial charge < -0.3 is 4.90 Å². The molecule has 1 aliphatic heterocycles. The Bertz CT molecular complexity index is 1810. The van der Waals surface area contributed by atoms with Gasteiger partial charge in [0.2, 0.25) is 11.4 Å². The van der Waals surface area contributed by atoms with Gasteiger partial charge in [-0.1, -0.05) is 109 Å². The van der Waals surface area contributed by atoms with Crippen LogP contribution in [0.4, 0.5) is 11.4 Å². The van der Waals surface area contributed by atoms with Crippen molar-refractivity contribution in [2.75, 3.05) is 24.0 Å². The maximum Gasteiger partial charge on any atom is 0.244 e. The highest BCUT2D eigenvalue weighted by molar-refractivity contribution is 5.73. The van der Waals surface area contributed by atoms with Crippen molar-refractivity contribution in [3.63, 3.8) is 0 Å². The summed E-state index contributed by atoms with van der Waals surface area (Å²) in [6.07, 6.45) is 6.73. The molecule has 43 heavy (non-hydrogen) atoms. The third-order valence-electron chi connectivity index (χ3n) is 8.69. The van der Waals surface area contributed by atoms with E-state index >= 15 is 0 Å². The molecular formula is C40H40N3+. The summed E-state index contributed by atoms with van der Waals surface area (Å²) in [6, 6.07) is 41.5. The molecule has 0 atom stereocenters. The Hall–Kier alpha value is -4.89. The lowest BCUT2D eigenvalue weighted by Crippen LogP contribution is -2.55. The van der Waals surface area contributed by atoms with Crippen LogP contribution in [0.3, 0.4) is 0 Å². The van der Waals surface area contributed by atoms with Gasteiger partial charge in [-0.3, -0.25) is 0 Å². The molecule has 5 aromatic rings. The highest BCUT2D eigenvalue weighted by Crippen LogP contribution is 2.46. The van der Waals surface area contributed by atoms with Gasteiger partial charge >= 0.3 is 0 Å². The van der Waals surface area contributed by atoms with Crippen molar-refractivity contribution < 1.29 is 4.68 Å². The number of nitrogens with zero attached hydrogens (tertiary/aromatic N) is 3. The number of allylic oxidation sites excluding steroid dienone is 3. The van der Waals surface area contributed by atoms with E-state index in [0.717, 1.165) is 17.1 Å². The second-order valence-electron chi connectivity index (χ2n) is 12.1. The molecule has 0 saturated carbocycles. The van der Waals surface area contributed by atoms with Crippen LogP contribution in [0.1, 0.15) is 36.2 Å². The Morgan fingerprint density at radius 3 is 1.95 bits per heavy atom. The minimum atomic E-state index is -0.0801. The number of pyridine rings is 1. The average Bonchev–Trinajstić information content (AvgIpc) is 3.22. The summed E-state index contributed by atoms with van der Waals surface area (Å²) in [5, 5.41) is 2.24. The van der Waals surface area contributed by atoms with Crippen molar-refractivity contribution in [2.45, 2.75) is 33.1 Å². The quantitative estimate of drug-likeness (QED) is 0.191. The molecule has 3 nitrogen and oxygen atoms in total. The molecule has 2 heterocycles. The summed E-state index contributed by atoms with van der Waals surface area (Å²) < 4.78 is 2.32. The lowest BCUT2D eigenvalue weighted by Gasteiger charge is -2.23. The van der Waals surface area contributed by atoms with E-state index < -0.39 is 0 Å². The molecule has 3 heteroatoms. The first-order valence-corrected chi connectivity index (χ1v) is 15.0. The zero-order valence-electron chi connectivity index (χ0n) is 26.0. The summed E-state index contributed by atoms with van der Waals surface area (Å²) in [5.41, 5.74) is 13.2. The Morgan fingerprint density at radius 2 is 1.30 bits per heavy atom. The Kier molecular flexibility index (Phi) is 7.50. The van der Waals surface area contributed by atoms with E-state index in [4.69, 9.17) is 0 Å². The first kappa shape index (κ1) is 28.2. The lowest BCUT2D eigenvalue weighted by atomic mass is 9.84. The summed E-state index contributed by atoms with van der Waals surface area (Å²) >= 11 is 0. The van der Waals surface area contributed by atoms with Crippen LogP contribution in [0.25, 0.3) is 28.5 Å². The van der Waals surface area contributed by atoms with Crippen molar-refractivity contribution in [2.24, 2.45) is 0 Å². The molecule has 0 saturated heterocycles. The van der Waals surface area contributed by atoms with Gasteiger partial charge in [0.25, 0.3) is 0 Å². The first-order chi connectivity index (χ1) is 20.7. The largest absolute Gasteiger partial charge is 0.347 e. The van der Waals surface area contributed by atoms with E-state index in [1.54, 1.807) is 0 Å². The van der Waals surface area contributed by atoms with Crippen molar-refractivity contribution >= 4 is 17.5 Å². The van der Waals surface area contributed by atoms with Crippen molar-refractivity contribution in [3.05, 3.63) is 155 Å². The molecule has 0 amide bonds. The van der Waals surface area contributed by atoms with Gasteiger partial charge in [0.15, 0.2) is 0 Å². The van der Waals surface area contributed by atoms with E-state index in [9.17, 15) is 0 Å². The summed E-state index contributed by atoms with van der Waals surface area (Å²) in [6.45, 7) is 8.90. The molecular weight excluding hydrogens is 522 g/mol. The third-order valence-corrected chi connectivity index (χ3v) is 8.69. The molecule has 0 N–H and O–H groups in total. The van der Waals surface area contributed by atoms with Crippen LogP contribution in [0, 0.1) is 13.8 Å². The van der Waals surface area contributed by atoms with Crippen LogP contribution >= 0.6 is 0 Å². The molecule has 0 spiro atoms. The Morgan fingerprint density at radius 1 is 0.698 bits per heavy atom. The normalized spacial score (nSPS) is 14.8. The topological polar surface area (TPSA) is 10.4 Å². The maximum absolute atomic E-state index is 2.32. The molecule has 6 rings (SSSR count). The number of para-hydroxylation sites is 2. The fourth-order valence-corrected chi connectivity index (χ4v) is 6.20. The zero-order valence-corrected chi connectivity index (χ0v) is 26.0. The fraction of sp³-hybridized carbons (Fsp3) is 0.175. The first-order valence-electron chi connectivity index (χ1n) is 15.0. The smallest absolute Gasteiger partial charge is 0.244 e. The fourth-order valence-electron chi connectivity index (χ4n) is 6.20. The minimum Gasteiger partial charge on any atom is -0.347 e. The van der Waals surface area contributed by atoms with Gasteiger partial charge in [-0.05, 0) is 66.9 Å². The number of aryl methyl sites for hydroxylation is 2. The summed E-state index contributed by atoms with van der Waals surface area (Å²) in [4.78, 5) is 2.32. The number of likely N-dealkylation sites (N-methyl/N-ethyl adjacent to an activating group) is 1.